The summed E-state index contributed by atoms with van der Waals surface area (Å²) in [5.41, 5.74) is 5.74. The van der Waals surface area contributed by atoms with E-state index in [4.69, 9.17) is 10.8 Å². The Kier molecular flexibility index (Phi) is 8.55. The Bertz CT molecular complexity index is 335. The highest BCUT2D eigenvalue weighted by molar-refractivity contribution is 5.79. The van der Waals surface area contributed by atoms with E-state index in [0.29, 0.717) is 19.0 Å². The summed E-state index contributed by atoms with van der Waals surface area (Å²) in [7, 11) is 0. The van der Waals surface area contributed by atoms with Gasteiger partial charge in [0.1, 0.15) is 0 Å². The van der Waals surface area contributed by atoms with Gasteiger partial charge in [0, 0.05) is 19.5 Å². The maximum Gasteiger partial charge on any atom is 0.303 e. The molecule has 0 saturated heterocycles. The Morgan fingerprint density at radius 1 is 1.24 bits per heavy atom. The summed E-state index contributed by atoms with van der Waals surface area (Å²) in [6, 6.07) is 0. The summed E-state index contributed by atoms with van der Waals surface area (Å²) in [5.74, 6) is -0.716. The molecule has 0 spiro atoms. The minimum Gasteiger partial charge on any atom is -0.481 e. The lowest BCUT2D eigenvalue weighted by Crippen LogP contribution is -2.39. The van der Waals surface area contributed by atoms with Crippen molar-refractivity contribution in [2.75, 3.05) is 13.1 Å². The molecular formula is C16H32N2O3. The monoisotopic (exact) mass is 300 g/mol. The molecule has 5 heteroatoms. The Morgan fingerprint density at radius 2 is 1.81 bits per heavy atom. The predicted octanol–water partition coefficient (Wildman–Crippen LogP) is 2.25. The largest absolute Gasteiger partial charge is 0.481 e. The summed E-state index contributed by atoms with van der Waals surface area (Å²) in [6.07, 6.45) is 1.60. The van der Waals surface area contributed by atoms with Crippen molar-refractivity contribution in [3.05, 3.63) is 0 Å². The smallest absolute Gasteiger partial charge is 0.303 e. The van der Waals surface area contributed by atoms with Gasteiger partial charge in [-0.2, -0.15) is 0 Å². The maximum atomic E-state index is 12.2. The number of carboxylic acid groups (broad SMARTS) is 1. The molecule has 1 amide bonds. The van der Waals surface area contributed by atoms with Gasteiger partial charge in [0.05, 0.1) is 5.92 Å². The van der Waals surface area contributed by atoms with Crippen molar-refractivity contribution in [2.45, 2.75) is 53.9 Å². The predicted molar refractivity (Wildman–Crippen MR) is 84.8 cm³/mol. The maximum absolute atomic E-state index is 12.2. The van der Waals surface area contributed by atoms with E-state index in [1.165, 1.54) is 0 Å². The molecule has 124 valence electrons. The lowest BCUT2D eigenvalue weighted by Gasteiger charge is -2.25. The van der Waals surface area contributed by atoms with Crippen LogP contribution in [0.3, 0.4) is 0 Å². The van der Waals surface area contributed by atoms with Gasteiger partial charge in [-0.05, 0) is 30.1 Å². The molecule has 0 aliphatic carbocycles. The van der Waals surface area contributed by atoms with Crippen molar-refractivity contribution in [1.29, 1.82) is 0 Å². The van der Waals surface area contributed by atoms with Crippen LogP contribution in [0.4, 0.5) is 0 Å². The molecule has 4 N–H and O–H groups in total. The highest BCUT2D eigenvalue weighted by atomic mass is 16.4. The average molecular weight is 300 g/mol. The Labute approximate surface area is 128 Å². The number of nitrogens with one attached hydrogen (secondary N) is 1. The Morgan fingerprint density at radius 3 is 2.19 bits per heavy atom. The van der Waals surface area contributed by atoms with Gasteiger partial charge in [-0.15, -0.1) is 0 Å². The molecular weight excluding hydrogens is 268 g/mol. The molecule has 0 radical (unpaired) electrons. The topological polar surface area (TPSA) is 92.4 Å². The van der Waals surface area contributed by atoms with E-state index in [-0.39, 0.29) is 29.6 Å². The summed E-state index contributed by atoms with van der Waals surface area (Å²) in [5, 5.41) is 11.8. The molecule has 1 unspecified atom stereocenters. The van der Waals surface area contributed by atoms with E-state index < -0.39 is 5.97 Å². The highest BCUT2D eigenvalue weighted by Crippen LogP contribution is 2.24. The number of carboxylic acids is 1. The number of carbonyl (C=O) groups excluding carboxylic acids is 1. The van der Waals surface area contributed by atoms with Crippen molar-refractivity contribution >= 4 is 11.9 Å². The SMILES string of the molecule is CC(C)C[C@H](CNC(=O)C(CN)CC(C)(C)C)CC(=O)O. The molecule has 0 rings (SSSR count). The van der Waals surface area contributed by atoms with Gasteiger partial charge in [-0.1, -0.05) is 34.6 Å². The first-order valence-corrected chi connectivity index (χ1v) is 7.74. The number of carbonyl (C=O) groups is 2. The quantitative estimate of drug-likeness (QED) is 0.609. The van der Waals surface area contributed by atoms with Crippen LogP contribution in [0.1, 0.15) is 53.9 Å². The fourth-order valence-electron chi connectivity index (χ4n) is 2.56. The second kappa shape index (κ2) is 9.03. The van der Waals surface area contributed by atoms with Gasteiger partial charge in [-0.25, -0.2) is 0 Å². The van der Waals surface area contributed by atoms with Crippen molar-refractivity contribution in [2.24, 2.45) is 28.9 Å². The van der Waals surface area contributed by atoms with Crippen LogP contribution in [0, 0.1) is 23.2 Å². The van der Waals surface area contributed by atoms with Crippen LogP contribution in [0.2, 0.25) is 0 Å². The molecule has 0 heterocycles. The van der Waals surface area contributed by atoms with Gasteiger partial charge in [-0.3, -0.25) is 9.59 Å². The van der Waals surface area contributed by atoms with Gasteiger partial charge >= 0.3 is 5.97 Å². The van der Waals surface area contributed by atoms with Crippen LogP contribution in [-0.2, 0) is 9.59 Å². The molecule has 0 aromatic carbocycles. The molecule has 0 aromatic rings. The van der Waals surface area contributed by atoms with E-state index >= 15 is 0 Å². The number of nitrogens with two attached hydrogens (primary N) is 1. The van der Waals surface area contributed by atoms with Gasteiger partial charge in [0.15, 0.2) is 0 Å². The Balaban J connectivity index is 4.48. The number of aliphatic carboxylic acids is 1. The molecule has 0 aromatic heterocycles. The van der Waals surface area contributed by atoms with Crippen molar-refractivity contribution in [1.82, 2.24) is 5.32 Å². The van der Waals surface area contributed by atoms with Crippen LogP contribution in [-0.4, -0.2) is 30.1 Å². The number of hydrogen-bond acceptors (Lipinski definition) is 3. The van der Waals surface area contributed by atoms with Gasteiger partial charge < -0.3 is 16.2 Å². The molecule has 0 bridgehead atoms. The highest BCUT2D eigenvalue weighted by Gasteiger charge is 2.24. The summed E-state index contributed by atoms with van der Waals surface area (Å²) in [6.45, 7) is 11.1. The fourth-order valence-corrected chi connectivity index (χ4v) is 2.56. The number of hydrogen-bond donors (Lipinski definition) is 3. The average Bonchev–Trinajstić information content (AvgIpc) is 2.30. The molecule has 0 aliphatic rings. The second-order valence-corrected chi connectivity index (χ2v) is 7.54. The lowest BCUT2D eigenvalue weighted by atomic mass is 9.84. The van der Waals surface area contributed by atoms with Gasteiger partial charge in [0.25, 0.3) is 0 Å². The zero-order valence-corrected chi connectivity index (χ0v) is 14.1. The molecule has 0 saturated carbocycles. The third-order valence-corrected chi connectivity index (χ3v) is 3.35. The van der Waals surface area contributed by atoms with E-state index in [0.717, 1.165) is 12.8 Å². The molecule has 2 atom stereocenters. The van der Waals surface area contributed by atoms with Crippen molar-refractivity contribution < 1.29 is 14.7 Å². The normalized spacial score (nSPS) is 14.8. The van der Waals surface area contributed by atoms with E-state index in [1.54, 1.807) is 0 Å². The second-order valence-electron chi connectivity index (χ2n) is 7.54. The first-order chi connectivity index (χ1) is 9.55. The molecule has 5 nitrogen and oxygen atoms in total. The minimum atomic E-state index is -0.819. The summed E-state index contributed by atoms with van der Waals surface area (Å²) >= 11 is 0. The van der Waals surface area contributed by atoms with Crippen molar-refractivity contribution in [3.8, 4) is 0 Å². The van der Waals surface area contributed by atoms with Crippen molar-refractivity contribution in [3.63, 3.8) is 0 Å². The van der Waals surface area contributed by atoms with Crippen LogP contribution in [0.25, 0.3) is 0 Å². The number of amides is 1. The zero-order chi connectivity index (χ0) is 16.6. The zero-order valence-electron chi connectivity index (χ0n) is 14.1. The fraction of sp³-hybridized carbons (Fsp3) is 0.875. The van der Waals surface area contributed by atoms with Gasteiger partial charge in [0.2, 0.25) is 5.91 Å². The molecule has 0 aliphatic heterocycles. The first-order valence-electron chi connectivity index (χ1n) is 7.74. The minimum absolute atomic E-state index is 0.0282. The van der Waals surface area contributed by atoms with Crippen LogP contribution < -0.4 is 11.1 Å². The van der Waals surface area contributed by atoms with Crippen LogP contribution in [0.15, 0.2) is 0 Å². The third kappa shape index (κ3) is 10.3. The lowest BCUT2D eigenvalue weighted by molar-refractivity contribution is -0.138. The standard InChI is InChI=1S/C16H32N2O3/c1-11(2)6-12(7-14(19)20)10-18-15(21)13(9-17)8-16(3,4)5/h11-13H,6-10,17H2,1-5H3,(H,18,21)(H,19,20)/t12-,13?/m0/s1. The summed E-state index contributed by atoms with van der Waals surface area (Å²) < 4.78 is 0. The summed E-state index contributed by atoms with van der Waals surface area (Å²) in [4.78, 5) is 23.1. The van der Waals surface area contributed by atoms with Crippen LogP contribution >= 0.6 is 0 Å². The Hall–Kier alpha value is -1.10. The number of rotatable bonds is 9. The van der Waals surface area contributed by atoms with E-state index in [9.17, 15) is 9.59 Å². The third-order valence-electron chi connectivity index (χ3n) is 3.35. The molecule has 0 fully saturated rings. The van der Waals surface area contributed by atoms with E-state index in [1.807, 2.05) is 0 Å². The van der Waals surface area contributed by atoms with E-state index in [2.05, 4.69) is 39.9 Å². The molecule has 21 heavy (non-hydrogen) atoms. The van der Waals surface area contributed by atoms with Crippen LogP contribution in [0.5, 0.6) is 0 Å². The first kappa shape index (κ1) is 19.9.